The Morgan fingerprint density at radius 2 is 1.88 bits per heavy atom. The molecule has 1 atom stereocenters. The summed E-state index contributed by atoms with van der Waals surface area (Å²) in [6.45, 7) is 2.88. The van der Waals surface area contributed by atoms with Crippen LogP contribution in [0.5, 0.6) is 0 Å². The summed E-state index contributed by atoms with van der Waals surface area (Å²) in [6, 6.07) is 21.0. The van der Waals surface area contributed by atoms with E-state index in [4.69, 9.17) is 0 Å². The average Bonchev–Trinajstić information content (AvgIpc) is 3.33. The van der Waals surface area contributed by atoms with Crippen LogP contribution in [0.2, 0.25) is 0 Å². The maximum Gasteiger partial charge on any atom is 0.323 e. The van der Waals surface area contributed by atoms with Gasteiger partial charge in [-0.2, -0.15) is 0 Å². The van der Waals surface area contributed by atoms with E-state index in [1.54, 1.807) is 21.9 Å². The summed E-state index contributed by atoms with van der Waals surface area (Å²) in [5.74, 6) is 0.0772. The van der Waals surface area contributed by atoms with Gasteiger partial charge >= 0.3 is 6.03 Å². The van der Waals surface area contributed by atoms with E-state index in [1.165, 1.54) is 23.9 Å². The fourth-order valence-corrected chi connectivity index (χ4v) is 5.90. The van der Waals surface area contributed by atoms with Gasteiger partial charge in [-0.25, -0.2) is 9.18 Å². The summed E-state index contributed by atoms with van der Waals surface area (Å²) in [7, 11) is 0. The fraction of sp³-hybridized carbons (Fsp3) is 0.200. The van der Waals surface area contributed by atoms with Crippen LogP contribution in [-0.2, 0) is 16.2 Å². The van der Waals surface area contributed by atoms with Crippen LogP contribution in [0.3, 0.4) is 0 Å². The van der Waals surface area contributed by atoms with Gasteiger partial charge in [0.05, 0.1) is 12.2 Å². The van der Waals surface area contributed by atoms with Gasteiger partial charge < -0.3 is 10.2 Å². The molecule has 5 nitrogen and oxygen atoms in total. The molecule has 1 N–H and O–H groups in total. The van der Waals surface area contributed by atoms with Gasteiger partial charge in [0.25, 0.3) is 5.91 Å². The number of carbonyl (C=O) groups excluding carboxylic acids is 2. The number of fused-ring (bicyclic) bond motifs is 2. The lowest BCUT2D eigenvalue weighted by atomic mass is 10.1. The lowest BCUT2D eigenvalue weighted by Gasteiger charge is -2.33. The molecule has 0 aromatic heterocycles. The molecule has 2 aliphatic heterocycles. The summed E-state index contributed by atoms with van der Waals surface area (Å²) < 4.78 is 13.6. The Morgan fingerprint density at radius 1 is 1.09 bits per heavy atom. The van der Waals surface area contributed by atoms with E-state index < -0.39 is 16.7 Å². The van der Waals surface area contributed by atoms with Gasteiger partial charge in [0.2, 0.25) is 0 Å². The fourth-order valence-electron chi connectivity index (χ4n) is 4.44. The van der Waals surface area contributed by atoms with E-state index in [1.807, 2.05) is 55.5 Å². The zero-order chi connectivity index (χ0) is 22.3. The summed E-state index contributed by atoms with van der Waals surface area (Å²) in [6.07, 6.45) is 0. The molecule has 0 bridgehead atoms. The van der Waals surface area contributed by atoms with Gasteiger partial charge in [-0.1, -0.05) is 48.5 Å². The minimum atomic E-state index is -1.13. The van der Waals surface area contributed by atoms with E-state index in [0.29, 0.717) is 24.5 Å². The smallest absolute Gasteiger partial charge is 0.308 e. The van der Waals surface area contributed by atoms with Gasteiger partial charge in [-0.15, -0.1) is 11.8 Å². The van der Waals surface area contributed by atoms with E-state index in [9.17, 15) is 14.0 Å². The van der Waals surface area contributed by atoms with Crippen molar-refractivity contribution in [2.24, 2.45) is 0 Å². The molecule has 1 spiro atoms. The van der Waals surface area contributed by atoms with Crippen molar-refractivity contribution in [1.29, 1.82) is 0 Å². The van der Waals surface area contributed by atoms with Crippen molar-refractivity contribution < 1.29 is 14.0 Å². The van der Waals surface area contributed by atoms with Crippen LogP contribution in [0, 0.1) is 12.7 Å². The van der Waals surface area contributed by atoms with Crippen molar-refractivity contribution in [2.45, 2.75) is 18.3 Å². The van der Waals surface area contributed by atoms with Gasteiger partial charge in [-0.05, 0) is 42.3 Å². The molecule has 1 saturated heterocycles. The van der Waals surface area contributed by atoms with Crippen molar-refractivity contribution in [1.82, 2.24) is 4.90 Å². The highest BCUT2D eigenvalue weighted by molar-refractivity contribution is 8.01. The van der Waals surface area contributed by atoms with Crippen LogP contribution < -0.4 is 10.2 Å². The van der Waals surface area contributed by atoms with Crippen LogP contribution in [0.15, 0.2) is 72.8 Å². The van der Waals surface area contributed by atoms with Crippen molar-refractivity contribution in [3.05, 3.63) is 95.3 Å². The van der Waals surface area contributed by atoms with E-state index >= 15 is 0 Å². The Bertz CT molecular complexity index is 1220. The lowest BCUT2D eigenvalue weighted by molar-refractivity contribution is -0.123. The van der Waals surface area contributed by atoms with E-state index in [-0.39, 0.29) is 5.91 Å². The first-order chi connectivity index (χ1) is 15.5. The number of carbonyl (C=O) groups is 2. The number of nitrogens with zero attached hydrogens (tertiary/aromatic N) is 2. The van der Waals surface area contributed by atoms with Gasteiger partial charge in [-0.3, -0.25) is 9.69 Å². The molecular weight excluding hydrogens is 425 g/mol. The third-order valence-electron chi connectivity index (χ3n) is 6.01. The first-order valence-corrected chi connectivity index (χ1v) is 11.4. The van der Waals surface area contributed by atoms with Crippen molar-refractivity contribution >= 4 is 35.1 Å². The molecule has 0 radical (unpaired) electrons. The molecule has 32 heavy (non-hydrogen) atoms. The minimum Gasteiger partial charge on any atom is -0.308 e. The molecular formula is C25H22FN3O2S. The standard InChI is InChI=1S/C25H22FN3O2S/c1-17-7-2-3-8-18(17)16-28-22-12-5-4-11-21(22)25(23(28)30)29(13-14-32-25)24(31)27-20-10-6-9-19(26)15-20/h2-12,15H,13-14,16H2,1H3,(H,27,31)/t25-/m0/s1. The summed E-state index contributed by atoms with van der Waals surface area (Å²) >= 11 is 1.47. The molecule has 3 aromatic rings. The maximum absolute atomic E-state index is 13.9. The first kappa shape index (κ1) is 20.6. The highest BCUT2D eigenvalue weighted by Gasteiger charge is 2.59. The second kappa shape index (κ2) is 7.98. The number of aryl methyl sites for hydroxylation is 1. The number of para-hydroxylation sites is 1. The van der Waals surface area contributed by atoms with Crippen LogP contribution >= 0.6 is 11.8 Å². The number of hydrogen-bond acceptors (Lipinski definition) is 3. The Labute approximate surface area is 190 Å². The molecule has 2 aliphatic rings. The van der Waals surface area contributed by atoms with Gasteiger partial charge in [0.1, 0.15) is 5.82 Å². The molecule has 0 aliphatic carbocycles. The Hall–Kier alpha value is -3.32. The van der Waals surface area contributed by atoms with Crippen molar-refractivity contribution in [3.8, 4) is 0 Å². The van der Waals surface area contributed by atoms with Crippen LogP contribution in [0.1, 0.15) is 16.7 Å². The number of amides is 3. The first-order valence-electron chi connectivity index (χ1n) is 10.4. The second-order valence-electron chi connectivity index (χ2n) is 7.92. The second-order valence-corrected chi connectivity index (χ2v) is 9.21. The molecule has 5 rings (SSSR count). The summed E-state index contributed by atoms with van der Waals surface area (Å²) in [5.41, 5.74) is 4.16. The molecule has 3 aromatic carbocycles. The molecule has 162 valence electrons. The number of benzene rings is 3. The largest absolute Gasteiger partial charge is 0.323 e. The number of hydrogen-bond donors (Lipinski definition) is 1. The van der Waals surface area contributed by atoms with Crippen LogP contribution in [0.4, 0.5) is 20.6 Å². The number of anilines is 2. The molecule has 2 heterocycles. The number of rotatable bonds is 3. The lowest BCUT2D eigenvalue weighted by Crippen LogP contribution is -2.51. The molecule has 3 amide bonds. The van der Waals surface area contributed by atoms with Crippen molar-refractivity contribution in [3.63, 3.8) is 0 Å². The van der Waals surface area contributed by atoms with Crippen molar-refractivity contribution in [2.75, 3.05) is 22.5 Å². The third-order valence-corrected chi connectivity index (χ3v) is 7.43. The highest BCUT2D eigenvalue weighted by Crippen LogP contribution is 2.54. The van der Waals surface area contributed by atoms with Gasteiger partial charge in [0, 0.05) is 23.5 Å². The quantitative estimate of drug-likeness (QED) is 0.607. The Morgan fingerprint density at radius 3 is 2.69 bits per heavy atom. The number of thioether (sulfide) groups is 1. The average molecular weight is 448 g/mol. The SMILES string of the molecule is Cc1ccccc1CN1C(=O)[C@@]2(SCCN2C(=O)Nc2cccc(F)c2)c2ccccc21. The Balaban J connectivity index is 1.52. The monoisotopic (exact) mass is 447 g/mol. The van der Waals surface area contributed by atoms with Crippen LogP contribution in [-0.4, -0.2) is 29.1 Å². The molecule has 0 unspecified atom stereocenters. The zero-order valence-electron chi connectivity index (χ0n) is 17.5. The highest BCUT2D eigenvalue weighted by atomic mass is 32.2. The zero-order valence-corrected chi connectivity index (χ0v) is 18.4. The summed E-state index contributed by atoms with van der Waals surface area (Å²) in [5, 5.41) is 2.76. The maximum atomic E-state index is 13.9. The number of halogens is 1. The number of nitrogens with one attached hydrogen (secondary N) is 1. The van der Waals surface area contributed by atoms with E-state index in [2.05, 4.69) is 5.32 Å². The topological polar surface area (TPSA) is 52.7 Å². The van der Waals surface area contributed by atoms with Gasteiger partial charge in [0.15, 0.2) is 4.87 Å². The molecule has 1 fully saturated rings. The van der Waals surface area contributed by atoms with Crippen LogP contribution in [0.25, 0.3) is 0 Å². The Kier molecular flexibility index (Phi) is 5.13. The predicted octanol–water partition coefficient (Wildman–Crippen LogP) is 5.11. The predicted molar refractivity (Wildman–Crippen MR) is 125 cm³/mol. The van der Waals surface area contributed by atoms with E-state index in [0.717, 1.165) is 22.4 Å². The molecule has 7 heteroatoms. The normalized spacial score (nSPS) is 19.5. The minimum absolute atomic E-state index is 0.126. The summed E-state index contributed by atoms with van der Waals surface area (Å²) in [4.78, 5) is 29.4. The number of urea groups is 1. The molecule has 0 saturated carbocycles. The third kappa shape index (κ3) is 3.24.